The van der Waals surface area contributed by atoms with Gasteiger partial charge in [-0.1, -0.05) is 30.3 Å². The molecule has 1 amide bonds. The Bertz CT molecular complexity index is 627. The molecule has 0 radical (unpaired) electrons. The highest BCUT2D eigenvalue weighted by molar-refractivity contribution is 7.99. The first-order valence-corrected chi connectivity index (χ1v) is 9.55. The smallest absolute Gasteiger partial charge is 0.408 e. The molecule has 0 aliphatic heterocycles. The van der Waals surface area contributed by atoms with Crippen LogP contribution in [0, 0.1) is 0 Å². The van der Waals surface area contributed by atoms with Gasteiger partial charge in [-0.25, -0.2) is 9.59 Å². The Hall–Kier alpha value is -2.02. The van der Waals surface area contributed by atoms with Crippen LogP contribution in [0.5, 0.6) is 0 Å². The fraction of sp³-hybridized carbons (Fsp3) is 0.526. The number of ketones is 1. The molecule has 7 heteroatoms. The summed E-state index contributed by atoms with van der Waals surface area (Å²) in [6.45, 7) is 6.46. The van der Waals surface area contributed by atoms with Crippen LogP contribution in [0.3, 0.4) is 0 Å². The van der Waals surface area contributed by atoms with Crippen LogP contribution in [-0.2, 0) is 20.1 Å². The first kappa shape index (κ1) is 22.0. The van der Waals surface area contributed by atoms with Crippen LogP contribution >= 0.6 is 11.8 Å². The van der Waals surface area contributed by atoms with E-state index in [2.05, 4.69) is 5.32 Å². The number of amides is 1. The number of nitrogens with one attached hydrogen (secondary N) is 1. The maximum atomic E-state index is 12.1. The van der Waals surface area contributed by atoms with Gasteiger partial charge in [0, 0.05) is 12.2 Å². The van der Waals surface area contributed by atoms with Crippen molar-refractivity contribution in [3.8, 4) is 0 Å². The van der Waals surface area contributed by atoms with Crippen molar-refractivity contribution in [2.45, 2.75) is 57.4 Å². The number of hydrogen-bond acceptors (Lipinski definition) is 5. The Morgan fingerprint density at radius 3 is 2.27 bits per heavy atom. The van der Waals surface area contributed by atoms with Gasteiger partial charge in [0.2, 0.25) is 0 Å². The zero-order valence-corrected chi connectivity index (χ0v) is 16.5. The second-order valence-corrected chi connectivity index (χ2v) is 8.27. The molecule has 0 aliphatic carbocycles. The van der Waals surface area contributed by atoms with Crippen molar-refractivity contribution < 1.29 is 24.2 Å². The Morgan fingerprint density at radius 1 is 1.12 bits per heavy atom. The number of carbonyl (C=O) groups excluding carboxylic acids is 2. The molecule has 0 aliphatic rings. The van der Waals surface area contributed by atoms with Crippen molar-refractivity contribution in [1.29, 1.82) is 0 Å². The van der Waals surface area contributed by atoms with Gasteiger partial charge >= 0.3 is 12.1 Å². The standard InChI is InChI=1S/C19H27NO5S/c1-18(2,3)25-17(24)20-19(4,16(22)23)11-10-15(21)13-26-12-14-8-6-5-7-9-14/h5-9H,10-13H2,1-4H3,(H,20,24)(H,22,23). The van der Waals surface area contributed by atoms with E-state index in [1.165, 1.54) is 18.7 Å². The van der Waals surface area contributed by atoms with Crippen molar-refractivity contribution >= 4 is 29.6 Å². The van der Waals surface area contributed by atoms with Crippen molar-refractivity contribution in [2.24, 2.45) is 0 Å². The average molecular weight is 381 g/mol. The molecule has 0 saturated carbocycles. The molecule has 6 nitrogen and oxygen atoms in total. The van der Waals surface area contributed by atoms with E-state index >= 15 is 0 Å². The summed E-state index contributed by atoms with van der Waals surface area (Å²) >= 11 is 1.49. The summed E-state index contributed by atoms with van der Waals surface area (Å²) < 4.78 is 5.10. The van der Waals surface area contributed by atoms with Crippen molar-refractivity contribution in [1.82, 2.24) is 5.32 Å². The largest absolute Gasteiger partial charge is 0.480 e. The maximum absolute atomic E-state index is 12.1. The summed E-state index contributed by atoms with van der Waals surface area (Å²) in [6, 6.07) is 9.80. The third-order valence-electron chi connectivity index (χ3n) is 3.53. The fourth-order valence-electron chi connectivity index (χ4n) is 2.07. The van der Waals surface area contributed by atoms with E-state index in [4.69, 9.17) is 4.74 Å². The summed E-state index contributed by atoms with van der Waals surface area (Å²) in [6.07, 6.45) is -0.736. The van der Waals surface area contributed by atoms with E-state index in [-0.39, 0.29) is 18.6 Å². The summed E-state index contributed by atoms with van der Waals surface area (Å²) in [5.74, 6) is -0.229. The quantitative estimate of drug-likeness (QED) is 0.678. The molecule has 26 heavy (non-hydrogen) atoms. The summed E-state index contributed by atoms with van der Waals surface area (Å²) in [4.78, 5) is 35.5. The summed E-state index contributed by atoms with van der Waals surface area (Å²) in [7, 11) is 0. The van der Waals surface area contributed by atoms with Gasteiger partial charge in [-0.2, -0.15) is 0 Å². The Kier molecular flexibility index (Phi) is 8.14. The third kappa shape index (κ3) is 8.38. The number of rotatable bonds is 9. The van der Waals surface area contributed by atoms with E-state index < -0.39 is 23.2 Å². The predicted octanol–water partition coefficient (Wildman–Crippen LogP) is 3.64. The molecule has 1 unspecified atom stereocenters. The average Bonchev–Trinajstić information content (AvgIpc) is 2.52. The van der Waals surface area contributed by atoms with Crippen molar-refractivity contribution in [2.75, 3.05) is 5.75 Å². The highest BCUT2D eigenvalue weighted by Gasteiger charge is 2.36. The lowest BCUT2D eigenvalue weighted by Gasteiger charge is -2.28. The lowest BCUT2D eigenvalue weighted by atomic mass is 9.95. The molecule has 0 bridgehead atoms. The van der Waals surface area contributed by atoms with Gasteiger partial charge in [-0.05, 0) is 39.7 Å². The maximum Gasteiger partial charge on any atom is 0.408 e. The number of aliphatic carboxylic acids is 1. The highest BCUT2D eigenvalue weighted by Crippen LogP contribution is 2.18. The zero-order chi connectivity index (χ0) is 19.8. The van der Waals surface area contributed by atoms with Crippen molar-refractivity contribution in [3.63, 3.8) is 0 Å². The van der Waals surface area contributed by atoms with E-state index in [1.54, 1.807) is 20.8 Å². The molecule has 0 fully saturated rings. The minimum absolute atomic E-state index is 0.00626. The third-order valence-corrected chi connectivity index (χ3v) is 4.59. The number of carboxylic acids is 1. The number of ether oxygens (including phenoxy) is 1. The molecule has 0 spiro atoms. The predicted molar refractivity (Wildman–Crippen MR) is 102 cm³/mol. The lowest BCUT2D eigenvalue weighted by Crippen LogP contribution is -2.53. The minimum atomic E-state index is -1.55. The number of benzene rings is 1. The van der Waals surface area contributed by atoms with E-state index in [1.807, 2.05) is 30.3 Å². The molecule has 2 N–H and O–H groups in total. The normalized spacial score (nSPS) is 13.5. The van der Waals surface area contributed by atoms with Crippen LogP contribution < -0.4 is 5.32 Å². The van der Waals surface area contributed by atoms with Gasteiger partial charge in [-0.3, -0.25) is 4.79 Å². The zero-order valence-electron chi connectivity index (χ0n) is 15.7. The molecule has 0 saturated heterocycles. The molecular weight excluding hydrogens is 354 g/mol. The topological polar surface area (TPSA) is 92.7 Å². The van der Waals surface area contributed by atoms with Gasteiger partial charge in [-0.15, -0.1) is 11.8 Å². The number of carbonyl (C=O) groups is 3. The number of hydrogen-bond donors (Lipinski definition) is 2. The second-order valence-electron chi connectivity index (χ2n) is 7.28. The van der Waals surface area contributed by atoms with Gasteiger partial charge in [0.25, 0.3) is 0 Å². The van der Waals surface area contributed by atoms with Gasteiger partial charge in [0.1, 0.15) is 16.9 Å². The van der Waals surface area contributed by atoms with Gasteiger partial charge < -0.3 is 15.2 Å². The second kappa shape index (κ2) is 9.62. The Balaban J connectivity index is 2.47. The molecule has 0 aromatic heterocycles. The Labute approximate surface area is 158 Å². The Morgan fingerprint density at radius 2 is 1.73 bits per heavy atom. The lowest BCUT2D eigenvalue weighted by molar-refractivity contribution is -0.144. The van der Waals surface area contributed by atoms with E-state index in [0.717, 1.165) is 11.3 Å². The highest BCUT2D eigenvalue weighted by atomic mass is 32.2. The van der Waals surface area contributed by atoms with Crippen LogP contribution in [0.25, 0.3) is 0 Å². The SMILES string of the molecule is CC(C)(C)OC(=O)NC(C)(CCC(=O)CSCc1ccccc1)C(=O)O. The first-order valence-electron chi connectivity index (χ1n) is 8.40. The summed E-state index contributed by atoms with van der Waals surface area (Å²) in [5.41, 5.74) is -1.15. The molecule has 1 aromatic carbocycles. The molecular formula is C19H27NO5S. The molecule has 1 rings (SSSR count). The van der Waals surface area contributed by atoms with Gasteiger partial charge in [0.15, 0.2) is 0 Å². The molecule has 1 aromatic rings. The van der Waals surface area contributed by atoms with E-state index in [0.29, 0.717) is 5.75 Å². The van der Waals surface area contributed by atoms with Crippen LogP contribution in [0.15, 0.2) is 30.3 Å². The molecule has 144 valence electrons. The number of thioether (sulfide) groups is 1. The van der Waals surface area contributed by atoms with E-state index in [9.17, 15) is 19.5 Å². The molecule has 1 atom stereocenters. The summed E-state index contributed by atoms with van der Waals surface area (Å²) in [5, 5.41) is 11.8. The van der Waals surface area contributed by atoms with Crippen LogP contribution in [0.2, 0.25) is 0 Å². The monoisotopic (exact) mass is 381 g/mol. The van der Waals surface area contributed by atoms with Crippen LogP contribution in [0.4, 0.5) is 4.79 Å². The van der Waals surface area contributed by atoms with Gasteiger partial charge in [0.05, 0.1) is 5.75 Å². The molecule has 0 heterocycles. The number of carboxylic acid groups (broad SMARTS) is 1. The van der Waals surface area contributed by atoms with Crippen molar-refractivity contribution in [3.05, 3.63) is 35.9 Å². The fourth-order valence-corrected chi connectivity index (χ4v) is 2.97. The number of Topliss-reactive ketones (excluding diaryl/α,β-unsaturated/α-hetero) is 1. The van der Waals surface area contributed by atoms with Crippen LogP contribution in [0.1, 0.15) is 46.1 Å². The number of alkyl carbamates (subject to hydrolysis) is 1. The minimum Gasteiger partial charge on any atom is -0.480 e. The van der Waals surface area contributed by atoms with Crippen LogP contribution in [-0.4, -0.2) is 39.8 Å². The first-order chi connectivity index (χ1) is 12.0.